The molecule has 7 heteroatoms. The normalized spacial score (nSPS) is 21.8. The van der Waals surface area contributed by atoms with E-state index in [0.29, 0.717) is 19.6 Å². The highest BCUT2D eigenvalue weighted by Gasteiger charge is 2.40. The second kappa shape index (κ2) is 9.37. The van der Waals surface area contributed by atoms with Crippen LogP contribution in [0, 0.1) is 5.92 Å². The Morgan fingerprint density at radius 3 is 2.83 bits per heavy atom. The molecule has 2 aliphatic heterocycles. The Kier molecular flexibility index (Phi) is 6.87. The van der Waals surface area contributed by atoms with Crippen LogP contribution in [0.5, 0.6) is 0 Å². The standard InChI is InChI=1S/C22H26N4O2.ClH/c1-2-16-6-3-4-8-19(16)26-15-18(12-21(26)27)22(28)25-11-10-24-14-20(25)17-7-5-9-23-13-17;/h3-9,13,18,20,24H,2,10-12,14-15H2,1H3;1H. The molecule has 2 saturated heterocycles. The van der Waals surface area contributed by atoms with E-state index < -0.39 is 0 Å². The van der Waals surface area contributed by atoms with Crippen molar-refractivity contribution >= 4 is 29.9 Å². The van der Waals surface area contributed by atoms with E-state index >= 15 is 0 Å². The number of carbonyl (C=O) groups excluding carboxylic acids is 2. The summed E-state index contributed by atoms with van der Waals surface area (Å²) < 4.78 is 0. The first-order valence-electron chi connectivity index (χ1n) is 9.98. The topological polar surface area (TPSA) is 65.5 Å². The number of pyridine rings is 1. The van der Waals surface area contributed by atoms with Crippen LogP contribution in [0.3, 0.4) is 0 Å². The zero-order valence-corrected chi connectivity index (χ0v) is 17.4. The smallest absolute Gasteiger partial charge is 0.228 e. The molecule has 0 aliphatic carbocycles. The molecule has 6 nitrogen and oxygen atoms in total. The van der Waals surface area contributed by atoms with Gasteiger partial charge in [0.25, 0.3) is 0 Å². The minimum atomic E-state index is -0.297. The van der Waals surface area contributed by atoms with Crippen molar-refractivity contribution in [3.8, 4) is 0 Å². The van der Waals surface area contributed by atoms with Gasteiger partial charge in [0.15, 0.2) is 0 Å². The van der Waals surface area contributed by atoms with Crippen LogP contribution in [0.25, 0.3) is 0 Å². The van der Waals surface area contributed by atoms with Gasteiger partial charge in [0.2, 0.25) is 11.8 Å². The second-order valence-corrected chi connectivity index (χ2v) is 7.43. The lowest BCUT2D eigenvalue weighted by atomic mass is 10.0. The van der Waals surface area contributed by atoms with Crippen molar-refractivity contribution < 1.29 is 9.59 Å². The quantitative estimate of drug-likeness (QED) is 0.835. The van der Waals surface area contributed by atoms with Gasteiger partial charge in [-0.1, -0.05) is 31.2 Å². The number of aromatic nitrogens is 1. The van der Waals surface area contributed by atoms with Crippen molar-refractivity contribution in [3.63, 3.8) is 0 Å². The Balaban J connectivity index is 0.00000240. The van der Waals surface area contributed by atoms with Crippen LogP contribution >= 0.6 is 12.4 Å². The average molecular weight is 415 g/mol. The van der Waals surface area contributed by atoms with Crippen molar-refractivity contribution in [2.75, 3.05) is 31.1 Å². The maximum absolute atomic E-state index is 13.4. The summed E-state index contributed by atoms with van der Waals surface area (Å²) in [6, 6.07) is 11.8. The first-order chi connectivity index (χ1) is 13.7. The number of piperazine rings is 1. The summed E-state index contributed by atoms with van der Waals surface area (Å²) in [5.41, 5.74) is 3.11. The molecule has 1 N–H and O–H groups in total. The van der Waals surface area contributed by atoms with Gasteiger partial charge < -0.3 is 15.1 Å². The SMILES string of the molecule is CCc1ccccc1N1CC(C(=O)N2CCNCC2c2cccnc2)CC1=O.Cl. The lowest BCUT2D eigenvalue weighted by Gasteiger charge is -2.37. The van der Waals surface area contributed by atoms with Gasteiger partial charge >= 0.3 is 0 Å². The van der Waals surface area contributed by atoms with Crippen LogP contribution < -0.4 is 10.2 Å². The molecule has 2 atom stereocenters. The minimum Gasteiger partial charge on any atom is -0.333 e. The number of benzene rings is 1. The number of aryl methyl sites for hydroxylation is 1. The van der Waals surface area contributed by atoms with Crippen molar-refractivity contribution in [2.45, 2.75) is 25.8 Å². The van der Waals surface area contributed by atoms with E-state index in [1.807, 2.05) is 47.5 Å². The van der Waals surface area contributed by atoms with Gasteiger partial charge in [-0.3, -0.25) is 14.6 Å². The average Bonchev–Trinajstić information content (AvgIpc) is 3.15. The molecular formula is C22H27ClN4O2. The van der Waals surface area contributed by atoms with E-state index in [1.54, 1.807) is 11.1 Å². The van der Waals surface area contributed by atoms with Crippen LogP contribution in [0.15, 0.2) is 48.8 Å². The summed E-state index contributed by atoms with van der Waals surface area (Å²) >= 11 is 0. The van der Waals surface area contributed by atoms with Crippen molar-refractivity contribution in [2.24, 2.45) is 5.92 Å². The van der Waals surface area contributed by atoms with Gasteiger partial charge in [-0.05, 0) is 29.7 Å². The number of anilines is 1. The van der Waals surface area contributed by atoms with Crippen LogP contribution in [0.1, 0.15) is 30.5 Å². The molecule has 1 aromatic carbocycles. The number of hydrogen-bond donors (Lipinski definition) is 1. The van der Waals surface area contributed by atoms with E-state index in [2.05, 4.69) is 17.2 Å². The first kappa shape index (κ1) is 21.3. The van der Waals surface area contributed by atoms with E-state index in [0.717, 1.165) is 29.8 Å². The van der Waals surface area contributed by atoms with Crippen LogP contribution in [0.4, 0.5) is 5.69 Å². The molecule has 0 saturated carbocycles. The minimum absolute atomic E-state index is 0. The van der Waals surface area contributed by atoms with Crippen molar-refractivity contribution in [3.05, 3.63) is 59.9 Å². The number of nitrogens with zero attached hydrogens (tertiary/aromatic N) is 3. The van der Waals surface area contributed by atoms with E-state index in [4.69, 9.17) is 0 Å². The molecule has 2 unspecified atom stereocenters. The van der Waals surface area contributed by atoms with Gasteiger partial charge in [-0.25, -0.2) is 0 Å². The van der Waals surface area contributed by atoms with E-state index in [1.165, 1.54) is 0 Å². The number of hydrogen-bond acceptors (Lipinski definition) is 4. The Bertz CT molecular complexity index is 861. The van der Waals surface area contributed by atoms with Gasteiger partial charge in [-0.2, -0.15) is 0 Å². The third-order valence-electron chi connectivity index (χ3n) is 5.73. The highest BCUT2D eigenvalue weighted by atomic mass is 35.5. The number of carbonyl (C=O) groups is 2. The Labute approximate surface area is 177 Å². The predicted octanol–water partition coefficient (Wildman–Crippen LogP) is 2.59. The number of amides is 2. The van der Waals surface area contributed by atoms with Crippen LogP contribution in [-0.4, -0.2) is 47.9 Å². The number of rotatable bonds is 4. The van der Waals surface area contributed by atoms with Gasteiger partial charge in [0.1, 0.15) is 0 Å². The monoisotopic (exact) mass is 414 g/mol. The summed E-state index contributed by atoms with van der Waals surface area (Å²) in [6.07, 6.45) is 4.70. The molecule has 2 aromatic rings. The maximum Gasteiger partial charge on any atom is 0.228 e. The summed E-state index contributed by atoms with van der Waals surface area (Å²) in [4.78, 5) is 34.0. The summed E-state index contributed by atoms with van der Waals surface area (Å²) in [5.74, 6) is -0.192. The zero-order valence-electron chi connectivity index (χ0n) is 16.6. The fourth-order valence-electron chi connectivity index (χ4n) is 4.25. The third-order valence-corrected chi connectivity index (χ3v) is 5.73. The van der Waals surface area contributed by atoms with Gasteiger partial charge in [-0.15, -0.1) is 12.4 Å². The van der Waals surface area contributed by atoms with E-state index in [9.17, 15) is 9.59 Å². The summed E-state index contributed by atoms with van der Waals surface area (Å²) in [6.45, 7) is 4.67. The number of nitrogens with one attached hydrogen (secondary N) is 1. The Hall–Kier alpha value is -2.44. The molecule has 4 rings (SSSR count). The molecule has 154 valence electrons. The fourth-order valence-corrected chi connectivity index (χ4v) is 4.25. The summed E-state index contributed by atoms with van der Waals surface area (Å²) in [5, 5.41) is 3.37. The molecule has 2 aliphatic rings. The molecule has 0 bridgehead atoms. The van der Waals surface area contributed by atoms with Crippen molar-refractivity contribution in [1.29, 1.82) is 0 Å². The summed E-state index contributed by atoms with van der Waals surface area (Å²) in [7, 11) is 0. The van der Waals surface area contributed by atoms with Crippen LogP contribution in [-0.2, 0) is 16.0 Å². The predicted molar refractivity (Wildman–Crippen MR) is 115 cm³/mol. The van der Waals surface area contributed by atoms with Gasteiger partial charge in [0, 0.05) is 50.7 Å². The highest BCUT2D eigenvalue weighted by Crippen LogP contribution is 2.31. The maximum atomic E-state index is 13.4. The molecule has 2 amide bonds. The first-order valence-corrected chi connectivity index (χ1v) is 9.98. The molecular weight excluding hydrogens is 388 g/mol. The zero-order chi connectivity index (χ0) is 19.5. The molecule has 0 radical (unpaired) electrons. The number of para-hydroxylation sites is 1. The van der Waals surface area contributed by atoms with E-state index in [-0.39, 0.29) is 42.6 Å². The largest absolute Gasteiger partial charge is 0.333 e. The number of halogens is 1. The molecule has 0 spiro atoms. The van der Waals surface area contributed by atoms with Gasteiger partial charge in [0.05, 0.1) is 12.0 Å². The Morgan fingerprint density at radius 1 is 1.24 bits per heavy atom. The second-order valence-electron chi connectivity index (χ2n) is 7.43. The fraction of sp³-hybridized carbons (Fsp3) is 0.409. The molecule has 2 fully saturated rings. The van der Waals surface area contributed by atoms with Crippen LogP contribution in [0.2, 0.25) is 0 Å². The Morgan fingerprint density at radius 2 is 2.07 bits per heavy atom. The molecule has 29 heavy (non-hydrogen) atoms. The lowest BCUT2D eigenvalue weighted by molar-refractivity contribution is -0.139. The lowest BCUT2D eigenvalue weighted by Crippen LogP contribution is -2.50. The molecule has 1 aromatic heterocycles. The third kappa shape index (κ3) is 4.28. The van der Waals surface area contributed by atoms with Crippen molar-refractivity contribution in [1.82, 2.24) is 15.2 Å². The molecule has 3 heterocycles. The highest BCUT2D eigenvalue weighted by molar-refractivity contribution is 6.01.